The molecule has 3 N–H and O–H groups in total. The molecule has 0 spiro atoms. The summed E-state index contributed by atoms with van der Waals surface area (Å²) in [6, 6.07) is 15.0. The third kappa shape index (κ3) is 5.40. The van der Waals surface area contributed by atoms with E-state index in [-0.39, 0.29) is 12.6 Å². The van der Waals surface area contributed by atoms with Crippen LogP contribution in [0.3, 0.4) is 0 Å². The third-order valence-electron chi connectivity index (χ3n) is 4.10. The summed E-state index contributed by atoms with van der Waals surface area (Å²) in [4.78, 5) is 0. The molecule has 24 heavy (non-hydrogen) atoms. The Morgan fingerprint density at radius 3 is 2.25 bits per heavy atom. The molecule has 5 heteroatoms. The van der Waals surface area contributed by atoms with Crippen LogP contribution in [0.25, 0.3) is 0 Å². The lowest BCUT2D eigenvalue weighted by atomic mass is 10.0. The monoisotopic (exact) mass is 393 g/mol. The van der Waals surface area contributed by atoms with Gasteiger partial charge in [-0.3, -0.25) is 0 Å². The minimum Gasteiger partial charge on any atom is -0.389 e. The maximum atomic E-state index is 10.3. The molecule has 0 aliphatic rings. The van der Waals surface area contributed by atoms with E-state index in [4.69, 9.17) is 0 Å². The Morgan fingerprint density at radius 2 is 1.67 bits per heavy atom. The fourth-order valence-corrected chi connectivity index (χ4v) is 2.97. The lowest BCUT2D eigenvalue weighted by Gasteiger charge is -2.25. The van der Waals surface area contributed by atoms with Crippen molar-refractivity contribution in [2.75, 3.05) is 6.54 Å². The van der Waals surface area contributed by atoms with Gasteiger partial charge in [-0.1, -0.05) is 52.3 Å². The van der Waals surface area contributed by atoms with Gasteiger partial charge in [0.15, 0.2) is 0 Å². The number of benzene rings is 2. The van der Waals surface area contributed by atoms with Crippen molar-refractivity contribution in [3.05, 3.63) is 69.7 Å². The average Bonchev–Trinajstić information content (AvgIpc) is 2.55. The molecule has 2 aromatic carbocycles. The number of hydrogen-bond donors (Lipinski definition) is 3. The molecule has 130 valence electrons. The Labute approximate surface area is 151 Å². The van der Waals surface area contributed by atoms with Crippen LogP contribution in [-0.4, -0.2) is 33.1 Å². The van der Waals surface area contributed by atoms with Crippen LogP contribution in [0.2, 0.25) is 0 Å². The molecule has 0 aliphatic carbocycles. The zero-order valence-electron chi connectivity index (χ0n) is 13.9. The summed E-state index contributed by atoms with van der Waals surface area (Å²) in [5.74, 6) is 0. The predicted octanol–water partition coefficient (Wildman–Crippen LogP) is 3.86. The normalized spacial score (nSPS) is 15.3. The van der Waals surface area contributed by atoms with Crippen LogP contribution >= 0.6 is 15.9 Å². The van der Waals surface area contributed by atoms with E-state index in [2.05, 4.69) is 15.9 Å². The van der Waals surface area contributed by atoms with Crippen LogP contribution in [0.15, 0.2) is 53.0 Å². The van der Waals surface area contributed by atoms with E-state index in [9.17, 15) is 15.4 Å². The Kier molecular flexibility index (Phi) is 6.95. The summed E-state index contributed by atoms with van der Waals surface area (Å²) < 4.78 is 0.898. The Bertz CT molecular complexity index is 645. The number of nitrogens with zero attached hydrogens (tertiary/aromatic N) is 1. The summed E-state index contributed by atoms with van der Waals surface area (Å²) in [6.45, 7) is 3.79. The molecule has 2 rings (SSSR count). The maximum absolute atomic E-state index is 10.3. The lowest BCUT2D eigenvalue weighted by Crippen LogP contribution is -2.35. The van der Waals surface area contributed by atoms with Crippen molar-refractivity contribution < 1.29 is 15.4 Å². The van der Waals surface area contributed by atoms with E-state index in [1.165, 1.54) is 5.06 Å². The highest BCUT2D eigenvalue weighted by atomic mass is 79.9. The van der Waals surface area contributed by atoms with E-state index in [0.717, 1.165) is 21.2 Å². The first-order valence-electron chi connectivity index (χ1n) is 8.02. The Morgan fingerprint density at radius 1 is 1.00 bits per heavy atom. The highest BCUT2D eigenvalue weighted by Crippen LogP contribution is 2.20. The molecule has 0 saturated heterocycles. The number of rotatable bonds is 7. The highest BCUT2D eigenvalue weighted by Gasteiger charge is 2.17. The second-order valence-electron chi connectivity index (χ2n) is 6.16. The molecule has 0 radical (unpaired) electrons. The Balaban J connectivity index is 1.92. The van der Waals surface area contributed by atoms with Crippen molar-refractivity contribution in [2.24, 2.45) is 0 Å². The molecule has 3 atom stereocenters. The molecule has 0 aliphatic heterocycles. The molecule has 3 unspecified atom stereocenters. The number of hydrogen-bond acceptors (Lipinski definition) is 4. The molecule has 0 heterocycles. The molecular formula is C19H24BrNO3. The SMILES string of the molecule is CC(O)c1ccc(CC(C)N(O)CC(O)c2cccc(Br)c2)cc1. The molecule has 2 aromatic rings. The first-order chi connectivity index (χ1) is 11.4. The fraction of sp³-hybridized carbons (Fsp3) is 0.368. The molecule has 0 fully saturated rings. The van der Waals surface area contributed by atoms with Crippen LogP contribution < -0.4 is 0 Å². The largest absolute Gasteiger partial charge is 0.389 e. The smallest absolute Gasteiger partial charge is 0.0940 e. The quantitative estimate of drug-likeness (QED) is 0.624. The van der Waals surface area contributed by atoms with E-state index < -0.39 is 12.2 Å². The van der Waals surface area contributed by atoms with Crippen LogP contribution in [0.1, 0.15) is 42.7 Å². The number of hydroxylamine groups is 2. The molecule has 0 amide bonds. The van der Waals surface area contributed by atoms with Gasteiger partial charge in [-0.05, 0) is 49.1 Å². The second kappa shape index (κ2) is 8.74. The van der Waals surface area contributed by atoms with Gasteiger partial charge in [-0.25, -0.2) is 0 Å². The third-order valence-corrected chi connectivity index (χ3v) is 4.59. The topological polar surface area (TPSA) is 63.9 Å². The summed E-state index contributed by atoms with van der Waals surface area (Å²) in [5.41, 5.74) is 2.71. The summed E-state index contributed by atoms with van der Waals surface area (Å²) >= 11 is 3.38. The maximum Gasteiger partial charge on any atom is 0.0940 e. The van der Waals surface area contributed by atoms with Gasteiger partial charge in [0.2, 0.25) is 0 Å². The average molecular weight is 394 g/mol. The summed E-state index contributed by atoms with van der Waals surface area (Å²) in [7, 11) is 0. The first-order valence-corrected chi connectivity index (χ1v) is 8.82. The molecular weight excluding hydrogens is 370 g/mol. The number of halogens is 1. The number of aliphatic hydroxyl groups is 2. The van der Waals surface area contributed by atoms with E-state index in [0.29, 0.717) is 6.42 Å². The molecule has 4 nitrogen and oxygen atoms in total. The fourth-order valence-electron chi connectivity index (χ4n) is 2.56. The van der Waals surface area contributed by atoms with Gasteiger partial charge in [0, 0.05) is 10.5 Å². The van der Waals surface area contributed by atoms with Gasteiger partial charge < -0.3 is 15.4 Å². The second-order valence-corrected chi connectivity index (χ2v) is 7.08. The van der Waals surface area contributed by atoms with E-state index in [1.807, 2.05) is 55.5 Å². The van der Waals surface area contributed by atoms with Crippen molar-refractivity contribution in [1.29, 1.82) is 0 Å². The minimum atomic E-state index is -0.757. The van der Waals surface area contributed by atoms with Gasteiger partial charge in [0.25, 0.3) is 0 Å². The molecule has 0 aromatic heterocycles. The lowest BCUT2D eigenvalue weighted by molar-refractivity contribution is -0.141. The van der Waals surface area contributed by atoms with Gasteiger partial charge in [-0.2, -0.15) is 5.06 Å². The van der Waals surface area contributed by atoms with Crippen LogP contribution in [0, 0.1) is 0 Å². The Hall–Kier alpha value is -1.24. The van der Waals surface area contributed by atoms with Crippen LogP contribution in [-0.2, 0) is 6.42 Å². The van der Waals surface area contributed by atoms with Gasteiger partial charge in [-0.15, -0.1) is 0 Å². The van der Waals surface area contributed by atoms with Crippen molar-refractivity contribution >= 4 is 15.9 Å². The minimum absolute atomic E-state index is 0.135. The molecule has 0 bridgehead atoms. The standard InChI is InChI=1S/C19H24BrNO3/c1-13(10-15-6-8-16(9-7-15)14(2)22)21(24)12-19(23)17-4-3-5-18(20)11-17/h3-9,11,13-14,19,22-24H,10,12H2,1-2H3. The van der Waals surface area contributed by atoms with Crippen LogP contribution in [0.4, 0.5) is 0 Å². The number of aliphatic hydroxyl groups excluding tert-OH is 2. The predicted molar refractivity (Wildman–Crippen MR) is 97.8 cm³/mol. The van der Waals surface area contributed by atoms with Crippen molar-refractivity contribution in [1.82, 2.24) is 5.06 Å². The van der Waals surface area contributed by atoms with Gasteiger partial charge >= 0.3 is 0 Å². The van der Waals surface area contributed by atoms with Gasteiger partial charge in [0.05, 0.1) is 18.8 Å². The summed E-state index contributed by atoms with van der Waals surface area (Å²) in [5, 5.41) is 31.2. The highest BCUT2D eigenvalue weighted by molar-refractivity contribution is 9.10. The van der Waals surface area contributed by atoms with Crippen LogP contribution in [0.5, 0.6) is 0 Å². The zero-order chi connectivity index (χ0) is 17.7. The van der Waals surface area contributed by atoms with Gasteiger partial charge in [0.1, 0.15) is 0 Å². The van der Waals surface area contributed by atoms with Crippen molar-refractivity contribution in [3.63, 3.8) is 0 Å². The van der Waals surface area contributed by atoms with E-state index in [1.54, 1.807) is 6.92 Å². The van der Waals surface area contributed by atoms with Crippen molar-refractivity contribution in [3.8, 4) is 0 Å². The molecule has 0 saturated carbocycles. The summed E-state index contributed by atoms with van der Waals surface area (Å²) in [6.07, 6.45) is -0.583. The first kappa shape index (κ1) is 19.1. The van der Waals surface area contributed by atoms with Crippen molar-refractivity contribution in [2.45, 2.75) is 38.5 Å². The zero-order valence-corrected chi connectivity index (χ0v) is 15.5. The van der Waals surface area contributed by atoms with E-state index >= 15 is 0 Å².